The summed E-state index contributed by atoms with van der Waals surface area (Å²) in [5, 5.41) is 2.22. The van der Waals surface area contributed by atoms with Crippen molar-refractivity contribution in [1.82, 2.24) is 20.1 Å². The third kappa shape index (κ3) is 5.03. The number of thiol groups is 1. The number of imide groups is 1. The lowest BCUT2D eigenvalue weighted by molar-refractivity contribution is -0.141. The molecule has 2 unspecified atom stereocenters. The number of piperazine rings is 1. The Balaban J connectivity index is 1.20. The summed E-state index contributed by atoms with van der Waals surface area (Å²) in [6, 6.07) is 9.90. The summed E-state index contributed by atoms with van der Waals surface area (Å²) in [6.45, 7) is 3.95. The fraction of sp³-hybridized carbons (Fsp3) is 0.458. The molecule has 4 heterocycles. The van der Waals surface area contributed by atoms with Crippen LogP contribution in [0.1, 0.15) is 40.6 Å². The number of carbonyl (C=O) groups excluding carboxylic acids is 2. The first-order valence-electron chi connectivity index (χ1n) is 11.6. The predicted molar refractivity (Wildman–Crippen MR) is 127 cm³/mol. The fourth-order valence-electron chi connectivity index (χ4n) is 5.04. The Morgan fingerprint density at radius 1 is 1.09 bits per heavy atom. The van der Waals surface area contributed by atoms with E-state index in [1.807, 2.05) is 9.80 Å². The number of aromatic nitrogens is 1. The maximum atomic E-state index is 13.0. The van der Waals surface area contributed by atoms with Crippen LogP contribution in [0.15, 0.2) is 36.4 Å². The van der Waals surface area contributed by atoms with Gasteiger partial charge >= 0.3 is 6.18 Å². The number of piperidine rings is 1. The van der Waals surface area contributed by atoms with Crippen molar-refractivity contribution in [3.63, 3.8) is 0 Å². The second-order valence-electron chi connectivity index (χ2n) is 9.19. The summed E-state index contributed by atoms with van der Waals surface area (Å²) in [4.78, 5) is 33.8. The molecule has 3 aliphatic rings. The molecule has 1 aromatic heterocycles. The predicted octanol–water partition coefficient (Wildman–Crippen LogP) is 2.97. The second-order valence-corrected chi connectivity index (χ2v) is 9.68. The van der Waals surface area contributed by atoms with Crippen LogP contribution in [-0.4, -0.2) is 58.8 Å². The van der Waals surface area contributed by atoms with Gasteiger partial charge in [0.05, 0.1) is 11.4 Å². The van der Waals surface area contributed by atoms with Gasteiger partial charge in [-0.05, 0) is 35.2 Å². The number of hydrogen-bond acceptors (Lipinski definition) is 7. The first kappa shape index (κ1) is 24.1. The summed E-state index contributed by atoms with van der Waals surface area (Å²) >= 11 is 4.74. The fourth-order valence-corrected chi connectivity index (χ4v) is 5.53. The van der Waals surface area contributed by atoms with Crippen LogP contribution in [0.2, 0.25) is 0 Å². The van der Waals surface area contributed by atoms with Crippen LogP contribution in [0.3, 0.4) is 0 Å². The van der Waals surface area contributed by atoms with Crippen molar-refractivity contribution >= 4 is 30.3 Å². The van der Waals surface area contributed by atoms with Gasteiger partial charge in [0, 0.05) is 45.7 Å². The zero-order chi connectivity index (χ0) is 24.7. The van der Waals surface area contributed by atoms with E-state index in [4.69, 9.17) is 12.6 Å². The summed E-state index contributed by atoms with van der Waals surface area (Å²) in [7, 11) is 0. The van der Waals surface area contributed by atoms with Gasteiger partial charge in [0.15, 0.2) is 0 Å². The van der Waals surface area contributed by atoms with E-state index in [1.54, 1.807) is 6.07 Å². The molecule has 1 N–H and O–H groups in total. The molecule has 7 nitrogen and oxygen atoms in total. The van der Waals surface area contributed by atoms with Gasteiger partial charge in [0.2, 0.25) is 11.8 Å². The van der Waals surface area contributed by atoms with Crippen molar-refractivity contribution in [2.45, 2.75) is 43.5 Å². The highest BCUT2D eigenvalue weighted by molar-refractivity contribution is 7.80. The minimum atomic E-state index is -4.45. The Hall–Kier alpha value is -2.63. The summed E-state index contributed by atoms with van der Waals surface area (Å²) in [5.41, 5.74) is 2.46. The lowest BCUT2D eigenvalue weighted by Crippen LogP contribution is -2.51. The maximum Gasteiger partial charge on any atom is 0.433 e. The van der Waals surface area contributed by atoms with Crippen molar-refractivity contribution in [1.29, 1.82) is 0 Å². The molecule has 2 fully saturated rings. The number of benzene rings is 1. The van der Waals surface area contributed by atoms with Gasteiger partial charge < -0.3 is 4.90 Å². The van der Waals surface area contributed by atoms with Crippen LogP contribution < -0.4 is 10.2 Å². The quantitative estimate of drug-likeness (QED) is 0.492. The number of nitrogens with one attached hydrogen (secondary N) is 1. The van der Waals surface area contributed by atoms with Crippen LogP contribution in [0.5, 0.6) is 0 Å². The number of anilines is 1. The Morgan fingerprint density at radius 3 is 2.57 bits per heavy atom. The van der Waals surface area contributed by atoms with E-state index in [-0.39, 0.29) is 23.2 Å². The topological polar surface area (TPSA) is 68.8 Å². The Morgan fingerprint density at radius 2 is 1.86 bits per heavy atom. The van der Waals surface area contributed by atoms with Crippen molar-refractivity contribution in [2.24, 2.45) is 0 Å². The minimum Gasteiger partial charge on any atom is -0.354 e. The summed E-state index contributed by atoms with van der Waals surface area (Å²) < 4.78 is 39.0. The first-order chi connectivity index (χ1) is 16.7. The molecular weight excluding hydrogens is 479 g/mol. The molecule has 5 rings (SSSR count). The monoisotopic (exact) mass is 505 g/mol. The molecule has 2 saturated heterocycles. The van der Waals surface area contributed by atoms with E-state index in [0.717, 1.165) is 29.3 Å². The molecule has 0 spiro atoms. The molecule has 1 aromatic carbocycles. The highest BCUT2D eigenvalue weighted by atomic mass is 32.1. The van der Waals surface area contributed by atoms with Crippen LogP contribution in [0.4, 0.5) is 19.0 Å². The SMILES string of the molecule is O=C1CCC(N2Cc3cc(CN4CCN(c5cccc(C(F)(F)F)n5)CC4)ccc3C2S)C(=O)N1. The van der Waals surface area contributed by atoms with Crippen molar-refractivity contribution < 1.29 is 22.8 Å². The van der Waals surface area contributed by atoms with Gasteiger partial charge in [0.1, 0.15) is 11.5 Å². The second kappa shape index (κ2) is 9.44. The number of alkyl halides is 3. The molecule has 2 atom stereocenters. The normalized spacial score (nSPS) is 23.9. The van der Waals surface area contributed by atoms with Gasteiger partial charge in [-0.3, -0.25) is 24.7 Å². The number of fused-ring (bicyclic) bond motifs is 1. The Kier molecular flexibility index (Phi) is 6.49. The lowest BCUT2D eigenvalue weighted by Gasteiger charge is -2.35. The van der Waals surface area contributed by atoms with E-state index in [2.05, 4.69) is 33.4 Å². The molecule has 186 valence electrons. The Bertz CT molecular complexity index is 1140. The zero-order valence-corrected chi connectivity index (χ0v) is 19.9. The van der Waals surface area contributed by atoms with Crippen molar-refractivity contribution in [3.05, 3.63) is 58.8 Å². The zero-order valence-electron chi connectivity index (χ0n) is 19.0. The molecule has 0 bridgehead atoms. The highest BCUT2D eigenvalue weighted by Gasteiger charge is 2.39. The number of pyridine rings is 1. The molecule has 11 heteroatoms. The molecule has 0 aliphatic carbocycles. The van der Waals surface area contributed by atoms with Gasteiger partial charge in [-0.15, -0.1) is 0 Å². The summed E-state index contributed by atoms with van der Waals surface area (Å²) in [5.74, 6) is -0.142. The van der Waals surface area contributed by atoms with Gasteiger partial charge in [0.25, 0.3) is 0 Å². The van der Waals surface area contributed by atoms with Crippen LogP contribution in [-0.2, 0) is 28.9 Å². The first-order valence-corrected chi connectivity index (χ1v) is 12.1. The molecule has 2 amide bonds. The van der Waals surface area contributed by atoms with E-state index >= 15 is 0 Å². The Labute approximate surface area is 206 Å². The number of halogens is 3. The molecular formula is C24H26F3N5O2S. The van der Waals surface area contributed by atoms with Crippen molar-refractivity contribution in [2.75, 3.05) is 31.1 Å². The molecule has 0 saturated carbocycles. The van der Waals surface area contributed by atoms with E-state index < -0.39 is 11.9 Å². The summed E-state index contributed by atoms with van der Waals surface area (Å²) in [6.07, 6.45) is -3.63. The average Bonchev–Trinajstić information content (AvgIpc) is 3.14. The number of rotatable bonds is 4. The van der Waals surface area contributed by atoms with Gasteiger partial charge in [-0.1, -0.05) is 24.3 Å². The number of amides is 2. The van der Waals surface area contributed by atoms with Gasteiger partial charge in [-0.25, -0.2) is 4.98 Å². The number of hydrogen-bond donors (Lipinski definition) is 2. The van der Waals surface area contributed by atoms with E-state index in [9.17, 15) is 22.8 Å². The highest BCUT2D eigenvalue weighted by Crippen LogP contribution is 2.39. The molecule has 2 aromatic rings. The van der Waals surface area contributed by atoms with Crippen molar-refractivity contribution in [3.8, 4) is 0 Å². The molecule has 3 aliphatic heterocycles. The van der Waals surface area contributed by atoms with Gasteiger partial charge in [-0.2, -0.15) is 25.8 Å². The lowest BCUT2D eigenvalue weighted by atomic mass is 10.0. The van der Waals surface area contributed by atoms with E-state index in [0.29, 0.717) is 51.4 Å². The molecule has 0 radical (unpaired) electrons. The largest absolute Gasteiger partial charge is 0.433 e. The standard InChI is InChI=1S/C24H26F3N5O2S/c25-24(26,27)19-2-1-3-20(28-19)31-10-8-30(9-11-31)13-15-4-5-17-16(12-15)14-32(23(17)35)18-6-7-21(33)29-22(18)34/h1-5,12,18,23,35H,6-11,13-14H2,(H,29,33,34). The third-order valence-corrected chi connectivity index (χ3v) is 7.47. The smallest absolute Gasteiger partial charge is 0.354 e. The maximum absolute atomic E-state index is 13.0. The number of nitrogens with zero attached hydrogens (tertiary/aromatic N) is 4. The van der Waals surface area contributed by atoms with Crippen LogP contribution in [0, 0.1) is 0 Å². The van der Waals surface area contributed by atoms with Crippen LogP contribution in [0.25, 0.3) is 0 Å². The third-order valence-electron chi connectivity index (χ3n) is 6.89. The van der Waals surface area contributed by atoms with E-state index in [1.165, 1.54) is 6.07 Å². The van der Waals surface area contributed by atoms with Crippen LogP contribution >= 0.6 is 12.6 Å². The average molecular weight is 506 g/mol. The minimum absolute atomic E-state index is 0.202. The molecule has 35 heavy (non-hydrogen) atoms. The number of carbonyl (C=O) groups is 2.